The van der Waals surface area contributed by atoms with Crippen LogP contribution in [0, 0.1) is 5.41 Å². The molecule has 1 unspecified atom stereocenters. The Labute approximate surface area is 85.1 Å². The lowest BCUT2D eigenvalue weighted by Gasteiger charge is -2.18. The molecule has 0 saturated heterocycles. The van der Waals surface area contributed by atoms with Gasteiger partial charge in [0.1, 0.15) is 0 Å². The molecule has 0 bridgehead atoms. The number of carboxylic acid groups (broad SMARTS) is 1. The molecule has 1 aromatic heterocycles. The first-order chi connectivity index (χ1) is 6.86. The fraction of sp³-hybridized carbons (Fsp3) is 0.571. The molecule has 0 aliphatic rings. The molecule has 0 spiro atoms. The summed E-state index contributed by atoms with van der Waals surface area (Å²) < 4.78 is 0. The van der Waals surface area contributed by atoms with Crippen molar-refractivity contribution >= 4 is 11.9 Å². The third kappa shape index (κ3) is 2.09. The number of hydrogen-bond acceptors (Lipinski definition) is 5. The number of nitrogens with zero attached hydrogens (tertiary/aromatic N) is 4. The van der Waals surface area contributed by atoms with Gasteiger partial charge >= 0.3 is 5.97 Å². The van der Waals surface area contributed by atoms with Crippen LogP contribution in [0.25, 0.3) is 0 Å². The summed E-state index contributed by atoms with van der Waals surface area (Å²) in [6.45, 7) is 1.23. The zero-order valence-corrected chi connectivity index (χ0v) is 8.34. The summed E-state index contributed by atoms with van der Waals surface area (Å²) in [6, 6.07) is 0. The lowest BCUT2D eigenvalue weighted by molar-refractivity contribution is -0.153. The van der Waals surface area contributed by atoms with Gasteiger partial charge in [-0.05, 0) is 12.1 Å². The standard InChI is InChI=1S/C7H11N5O3/c1-7(5(8)13,6(14)15)3-4-9-11-12(2)10-4/h3H2,1-2H3,(H2,8,13)(H,14,15). The van der Waals surface area contributed by atoms with Crippen LogP contribution in [-0.2, 0) is 23.1 Å². The Balaban J connectivity index is 2.94. The van der Waals surface area contributed by atoms with Gasteiger partial charge in [-0.2, -0.15) is 4.80 Å². The molecule has 0 saturated carbocycles. The average molecular weight is 213 g/mol. The topological polar surface area (TPSA) is 124 Å². The third-order valence-electron chi connectivity index (χ3n) is 2.08. The van der Waals surface area contributed by atoms with E-state index in [1.807, 2.05) is 0 Å². The fourth-order valence-corrected chi connectivity index (χ4v) is 0.978. The van der Waals surface area contributed by atoms with E-state index in [1.54, 1.807) is 7.05 Å². The van der Waals surface area contributed by atoms with E-state index in [1.165, 1.54) is 11.7 Å². The Hall–Kier alpha value is -1.99. The number of primary amides is 1. The number of aromatic nitrogens is 4. The molecular formula is C7H11N5O3. The van der Waals surface area contributed by atoms with Crippen molar-refractivity contribution < 1.29 is 14.7 Å². The number of carbonyl (C=O) groups is 2. The Bertz CT molecular complexity index is 385. The number of amides is 1. The van der Waals surface area contributed by atoms with Crippen LogP contribution < -0.4 is 5.73 Å². The smallest absolute Gasteiger partial charge is 0.319 e. The zero-order valence-electron chi connectivity index (χ0n) is 8.34. The normalized spacial score (nSPS) is 14.5. The number of rotatable bonds is 4. The van der Waals surface area contributed by atoms with Crippen LogP contribution in [-0.4, -0.2) is 37.2 Å². The Morgan fingerprint density at radius 1 is 1.60 bits per heavy atom. The van der Waals surface area contributed by atoms with Crippen LogP contribution in [0.1, 0.15) is 12.7 Å². The molecule has 82 valence electrons. The van der Waals surface area contributed by atoms with Crippen LogP contribution in [0.5, 0.6) is 0 Å². The maximum absolute atomic E-state index is 11.0. The zero-order chi connectivity index (χ0) is 11.6. The Morgan fingerprint density at radius 3 is 2.53 bits per heavy atom. The van der Waals surface area contributed by atoms with Crippen molar-refractivity contribution in [3.63, 3.8) is 0 Å². The second kappa shape index (κ2) is 3.64. The van der Waals surface area contributed by atoms with Crippen molar-refractivity contribution in [3.05, 3.63) is 5.82 Å². The average Bonchev–Trinajstić information content (AvgIpc) is 2.50. The SMILES string of the molecule is Cn1nnc(CC(C)(C(N)=O)C(=O)O)n1. The first-order valence-corrected chi connectivity index (χ1v) is 4.12. The number of carbonyl (C=O) groups excluding carboxylic acids is 1. The number of nitrogens with two attached hydrogens (primary N) is 1. The van der Waals surface area contributed by atoms with Gasteiger partial charge in [0.15, 0.2) is 11.2 Å². The molecule has 0 aromatic carbocycles. The van der Waals surface area contributed by atoms with Gasteiger partial charge in [0.25, 0.3) is 0 Å². The molecule has 0 aliphatic heterocycles. The van der Waals surface area contributed by atoms with E-state index in [2.05, 4.69) is 15.4 Å². The molecular weight excluding hydrogens is 202 g/mol. The number of tetrazole rings is 1. The van der Waals surface area contributed by atoms with E-state index in [4.69, 9.17) is 10.8 Å². The number of aliphatic carboxylic acids is 1. The molecule has 1 amide bonds. The molecule has 1 heterocycles. The highest BCUT2D eigenvalue weighted by atomic mass is 16.4. The summed E-state index contributed by atoms with van der Waals surface area (Å²) in [7, 11) is 1.54. The van der Waals surface area contributed by atoms with Crippen molar-refractivity contribution in [2.24, 2.45) is 18.2 Å². The highest BCUT2D eigenvalue weighted by molar-refractivity contribution is 6.00. The van der Waals surface area contributed by atoms with E-state index >= 15 is 0 Å². The molecule has 8 nitrogen and oxygen atoms in total. The Kier molecular flexibility index (Phi) is 2.69. The highest BCUT2D eigenvalue weighted by Crippen LogP contribution is 2.20. The summed E-state index contributed by atoms with van der Waals surface area (Å²) >= 11 is 0. The third-order valence-corrected chi connectivity index (χ3v) is 2.08. The highest BCUT2D eigenvalue weighted by Gasteiger charge is 2.41. The number of aryl methyl sites for hydroxylation is 1. The van der Waals surface area contributed by atoms with Gasteiger partial charge < -0.3 is 10.8 Å². The summed E-state index contributed by atoms with van der Waals surface area (Å²) in [5, 5.41) is 19.8. The van der Waals surface area contributed by atoms with Crippen molar-refractivity contribution in [3.8, 4) is 0 Å². The van der Waals surface area contributed by atoms with E-state index in [9.17, 15) is 9.59 Å². The maximum Gasteiger partial charge on any atom is 0.319 e. The van der Waals surface area contributed by atoms with Gasteiger partial charge in [0, 0.05) is 6.42 Å². The minimum absolute atomic E-state index is 0.168. The molecule has 3 N–H and O–H groups in total. The Morgan fingerprint density at radius 2 is 2.20 bits per heavy atom. The lowest BCUT2D eigenvalue weighted by atomic mass is 9.86. The van der Waals surface area contributed by atoms with Gasteiger partial charge in [-0.3, -0.25) is 9.59 Å². The molecule has 0 radical (unpaired) electrons. The van der Waals surface area contributed by atoms with E-state index < -0.39 is 17.3 Å². The van der Waals surface area contributed by atoms with Crippen LogP contribution in [0.2, 0.25) is 0 Å². The van der Waals surface area contributed by atoms with Crippen molar-refractivity contribution in [1.82, 2.24) is 20.2 Å². The molecule has 0 fully saturated rings. The van der Waals surface area contributed by atoms with Gasteiger partial charge in [0.2, 0.25) is 5.91 Å². The predicted molar refractivity (Wildman–Crippen MR) is 47.4 cm³/mol. The van der Waals surface area contributed by atoms with E-state index in [0.29, 0.717) is 0 Å². The first-order valence-electron chi connectivity index (χ1n) is 4.12. The monoisotopic (exact) mass is 213 g/mol. The van der Waals surface area contributed by atoms with Crippen LogP contribution in [0.4, 0.5) is 0 Å². The lowest BCUT2D eigenvalue weighted by Crippen LogP contribution is -2.43. The second-order valence-electron chi connectivity index (χ2n) is 3.37. The van der Waals surface area contributed by atoms with Crippen LogP contribution in [0.3, 0.4) is 0 Å². The molecule has 1 aromatic rings. The van der Waals surface area contributed by atoms with E-state index in [0.717, 1.165) is 0 Å². The largest absolute Gasteiger partial charge is 0.480 e. The first kappa shape index (κ1) is 11.1. The number of carboxylic acids is 1. The molecule has 1 rings (SSSR count). The van der Waals surface area contributed by atoms with Gasteiger partial charge in [0.05, 0.1) is 7.05 Å². The minimum atomic E-state index is -1.71. The summed E-state index contributed by atoms with van der Waals surface area (Å²) in [4.78, 5) is 23.1. The van der Waals surface area contributed by atoms with Crippen LogP contribution >= 0.6 is 0 Å². The molecule has 1 atom stereocenters. The molecule has 15 heavy (non-hydrogen) atoms. The minimum Gasteiger partial charge on any atom is -0.480 e. The van der Waals surface area contributed by atoms with Gasteiger partial charge in [-0.25, -0.2) is 0 Å². The van der Waals surface area contributed by atoms with Crippen molar-refractivity contribution in [2.45, 2.75) is 13.3 Å². The van der Waals surface area contributed by atoms with Gasteiger partial charge in [-0.1, -0.05) is 0 Å². The van der Waals surface area contributed by atoms with Crippen molar-refractivity contribution in [1.29, 1.82) is 0 Å². The summed E-state index contributed by atoms with van der Waals surface area (Å²) in [6.07, 6.45) is -0.175. The van der Waals surface area contributed by atoms with Crippen molar-refractivity contribution in [2.75, 3.05) is 0 Å². The maximum atomic E-state index is 11.0. The van der Waals surface area contributed by atoms with E-state index in [-0.39, 0.29) is 12.2 Å². The quantitative estimate of drug-likeness (QED) is 0.576. The fourth-order valence-electron chi connectivity index (χ4n) is 0.978. The second-order valence-corrected chi connectivity index (χ2v) is 3.37. The summed E-state index contributed by atoms with van der Waals surface area (Å²) in [5.41, 5.74) is 3.32. The van der Waals surface area contributed by atoms with Crippen LogP contribution in [0.15, 0.2) is 0 Å². The molecule has 0 aliphatic carbocycles. The number of hydrogen-bond donors (Lipinski definition) is 2. The van der Waals surface area contributed by atoms with Gasteiger partial charge in [-0.15, -0.1) is 10.2 Å². The molecule has 8 heteroatoms. The summed E-state index contributed by atoms with van der Waals surface area (Å²) in [5.74, 6) is -2.06. The predicted octanol–water partition coefficient (Wildman–Crippen LogP) is -1.67.